The maximum Gasteiger partial charge on any atom is 0.227 e. The van der Waals surface area contributed by atoms with Crippen LogP contribution in [0.2, 0.25) is 0 Å². The topological polar surface area (TPSA) is 35.6 Å². The fourth-order valence-corrected chi connectivity index (χ4v) is 4.14. The van der Waals surface area contributed by atoms with E-state index in [1.165, 1.54) is 24.0 Å². The maximum absolute atomic E-state index is 12.5. The molecule has 0 saturated carbocycles. The molecule has 4 heteroatoms. The first-order chi connectivity index (χ1) is 13.2. The van der Waals surface area contributed by atoms with Crippen molar-refractivity contribution in [1.82, 2.24) is 9.80 Å². The average Bonchev–Trinajstić information content (AvgIpc) is 3.11. The van der Waals surface area contributed by atoms with Crippen molar-refractivity contribution in [2.45, 2.75) is 19.3 Å². The highest BCUT2D eigenvalue weighted by atomic mass is 16.2. The van der Waals surface area contributed by atoms with E-state index in [9.17, 15) is 4.79 Å². The van der Waals surface area contributed by atoms with E-state index < -0.39 is 0 Å². The van der Waals surface area contributed by atoms with Gasteiger partial charge in [0.25, 0.3) is 0 Å². The summed E-state index contributed by atoms with van der Waals surface area (Å²) in [5, 5.41) is 3.57. The summed E-state index contributed by atoms with van der Waals surface area (Å²) in [6, 6.07) is 17.2. The molecule has 2 aliphatic rings. The fraction of sp³-hybridized carbons (Fsp3) is 0.435. The van der Waals surface area contributed by atoms with Gasteiger partial charge >= 0.3 is 0 Å². The number of rotatable bonds is 5. The molecule has 1 amide bonds. The molecule has 2 aromatic carbocycles. The van der Waals surface area contributed by atoms with Crippen LogP contribution in [0, 0.1) is 5.92 Å². The molecule has 0 radical (unpaired) electrons. The highest BCUT2D eigenvalue weighted by molar-refractivity contribution is 5.79. The Balaban J connectivity index is 1.25. The number of likely N-dealkylation sites (N-methyl/N-ethyl adjacent to an activating group) is 1. The number of nitrogens with one attached hydrogen (secondary N) is 1. The zero-order chi connectivity index (χ0) is 18.6. The third-order valence-corrected chi connectivity index (χ3v) is 5.90. The molecule has 0 unspecified atom stereocenters. The number of anilines is 1. The van der Waals surface area contributed by atoms with E-state index >= 15 is 0 Å². The number of hydrogen-bond donors (Lipinski definition) is 1. The lowest BCUT2D eigenvalue weighted by Crippen LogP contribution is -2.47. The molecule has 2 aromatic rings. The number of nitrogens with zero attached hydrogens (tertiary/aromatic N) is 2. The highest BCUT2D eigenvalue weighted by Crippen LogP contribution is 2.26. The van der Waals surface area contributed by atoms with Gasteiger partial charge in [-0.15, -0.1) is 0 Å². The van der Waals surface area contributed by atoms with E-state index in [4.69, 9.17) is 0 Å². The lowest BCUT2D eigenvalue weighted by atomic mass is 10.1. The number of piperazine rings is 1. The van der Waals surface area contributed by atoms with Gasteiger partial charge in [0.1, 0.15) is 0 Å². The summed E-state index contributed by atoms with van der Waals surface area (Å²) < 4.78 is 0. The Morgan fingerprint density at radius 2 is 1.59 bits per heavy atom. The molecule has 0 aromatic heterocycles. The largest absolute Gasteiger partial charge is 0.385 e. The Morgan fingerprint density at radius 3 is 2.22 bits per heavy atom. The molecule has 142 valence electrons. The van der Waals surface area contributed by atoms with E-state index in [-0.39, 0.29) is 5.91 Å². The second kappa shape index (κ2) is 8.13. The van der Waals surface area contributed by atoms with Gasteiger partial charge in [0, 0.05) is 38.4 Å². The Kier molecular flexibility index (Phi) is 5.44. The van der Waals surface area contributed by atoms with Gasteiger partial charge in [0.2, 0.25) is 5.91 Å². The van der Waals surface area contributed by atoms with Crippen molar-refractivity contribution in [3.8, 4) is 0 Å². The Labute approximate surface area is 162 Å². The molecule has 1 heterocycles. The van der Waals surface area contributed by atoms with Gasteiger partial charge < -0.3 is 15.1 Å². The molecule has 4 nitrogen and oxygen atoms in total. The molecule has 1 fully saturated rings. The second-order valence-corrected chi connectivity index (χ2v) is 7.98. The molecule has 0 atom stereocenters. The molecule has 4 rings (SSSR count). The normalized spacial score (nSPS) is 17.7. The zero-order valence-corrected chi connectivity index (χ0v) is 16.2. The summed E-state index contributed by atoms with van der Waals surface area (Å²) in [5.41, 5.74) is 5.24. The van der Waals surface area contributed by atoms with Crippen LogP contribution in [0.25, 0.3) is 0 Å². The number of carbonyl (C=O) groups is 1. The summed E-state index contributed by atoms with van der Waals surface area (Å²) in [5.74, 6) is 0.911. The Morgan fingerprint density at radius 1 is 0.963 bits per heavy atom. The van der Waals surface area contributed by atoms with Crippen LogP contribution >= 0.6 is 0 Å². The molecule has 0 spiro atoms. The minimum Gasteiger partial charge on any atom is -0.385 e. The third-order valence-electron chi connectivity index (χ3n) is 5.90. The van der Waals surface area contributed by atoms with Gasteiger partial charge in [-0.05, 0) is 54.6 Å². The van der Waals surface area contributed by atoms with Gasteiger partial charge in [-0.1, -0.05) is 36.4 Å². The van der Waals surface area contributed by atoms with Crippen LogP contribution in [-0.4, -0.2) is 55.5 Å². The molecular weight excluding hydrogens is 334 g/mol. The monoisotopic (exact) mass is 363 g/mol. The number of fused-ring (bicyclic) bond motifs is 1. The summed E-state index contributed by atoms with van der Waals surface area (Å²) in [7, 11) is 2.11. The van der Waals surface area contributed by atoms with Gasteiger partial charge in [-0.2, -0.15) is 0 Å². The first kappa shape index (κ1) is 18.1. The van der Waals surface area contributed by atoms with Gasteiger partial charge in [-0.25, -0.2) is 0 Å². The average molecular weight is 364 g/mol. The summed E-state index contributed by atoms with van der Waals surface area (Å²) in [6.45, 7) is 4.63. The number of carbonyl (C=O) groups excluding carboxylic acids is 1. The van der Waals surface area contributed by atoms with Crippen molar-refractivity contribution >= 4 is 11.6 Å². The van der Waals surface area contributed by atoms with Crippen LogP contribution in [0.1, 0.15) is 16.7 Å². The third kappa shape index (κ3) is 4.51. The van der Waals surface area contributed by atoms with E-state index in [2.05, 4.69) is 65.8 Å². The van der Waals surface area contributed by atoms with Crippen LogP contribution in [0.5, 0.6) is 0 Å². The fourth-order valence-electron chi connectivity index (χ4n) is 4.14. The van der Waals surface area contributed by atoms with Crippen molar-refractivity contribution in [3.63, 3.8) is 0 Å². The number of benzene rings is 2. The van der Waals surface area contributed by atoms with Crippen LogP contribution in [0.15, 0.2) is 48.5 Å². The zero-order valence-electron chi connectivity index (χ0n) is 16.2. The van der Waals surface area contributed by atoms with Crippen LogP contribution in [0.3, 0.4) is 0 Å². The van der Waals surface area contributed by atoms with Gasteiger partial charge in [-0.3, -0.25) is 4.79 Å². The standard InChI is InChI=1S/C23H29N3O/c1-25-10-12-26(13-11-25)23(27)16-18-6-8-22(9-7-18)24-17-19-14-20-4-2-3-5-21(20)15-19/h2-9,19,24H,10-17H2,1H3. The van der Waals surface area contributed by atoms with Crippen molar-refractivity contribution < 1.29 is 4.79 Å². The predicted molar refractivity (Wildman–Crippen MR) is 110 cm³/mol. The highest BCUT2D eigenvalue weighted by Gasteiger charge is 2.21. The molecule has 1 saturated heterocycles. The van der Waals surface area contributed by atoms with Gasteiger partial charge in [0.15, 0.2) is 0 Å². The summed E-state index contributed by atoms with van der Waals surface area (Å²) in [6.07, 6.45) is 2.84. The van der Waals surface area contributed by atoms with Crippen LogP contribution in [0.4, 0.5) is 5.69 Å². The Bertz CT molecular complexity index is 753. The molecule has 0 bridgehead atoms. The molecule has 27 heavy (non-hydrogen) atoms. The van der Waals surface area contributed by atoms with E-state index in [1.807, 2.05) is 4.90 Å². The smallest absolute Gasteiger partial charge is 0.227 e. The van der Waals surface area contributed by atoms with Crippen molar-refractivity contribution in [1.29, 1.82) is 0 Å². The van der Waals surface area contributed by atoms with E-state index in [1.54, 1.807) is 0 Å². The lowest BCUT2D eigenvalue weighted by molar-refractivity contribution is -0.132. The molecule has 1 N–H and O–H groups in total. The Hall–Kier alpha value is -2.33. The van der Waals surface area contributed by atoms with Crippen molar-refractivity contribution in [2.24, 2.45) is 5.92 Å². The SMILES string of the molecule is CN1CCN(C(=O)Cc2ccc(NCC3Cc4ccccc4C3)cc2)CC1. The number of amides is 1. The van der Waals surface area contributed by atoms with Gasteiger partial charge in [0.05, 0.1) is 6.42 Å². The molecule has 1 aliphatic heterocycles. The van der Waals surface area contributed by atoms with E-state index in [0.717, 1.165) is 44.0 Å². The predicted octanol–water partition coefficient (Wildman–Crippen LogP) is 2.83. The molecular formula is C23H29N3O. The minimum atomic E-state index is 0.243. The minimum absolute atomic E-state index is 0.243. The van der Waals surface area contributed by atoms with Crippen molar-refractivity contribution in [3.05, 3.63) is 65.2 Å². The lowest BCUT2D eigenvalue weighted by Gasteiger charge is -2.32. The quantitative estimate of drug-likeness (QED) is 0.887. The summed E-state index contributed by atoms with van der Waals surface area (Å²) >= 11 is 0. The first-order valence-electron chi connectivity index (χ1n) is 10.0. The van der Waals surface area contributed by atoms with Crippen LogP contribution in [-0.2, 0) is 24.1 Å². The summed E-state index contributed by atoms with van der Waals surface area (Å²) in [4.78, 5) is 16.7. The second-order valence-electron chi connectivity index (χ2n) is 7.98. The van der Waals surface area contributed by atoms with Crippen molar-refractivity contribution in [2.75, 3.05) is 45.1 Å². The first-order valence-corrected chi connectivity index (χ1v) is 10.0. The van der Waals surface area contributed by atoms with E-state index in [0.29, 0.717) is 12.3 Å². The maximum atomic E-state index is 12.5. The molecule has 1 aliphatic carbocycles. The van der Waals surface area contributed by atoms with Crippen LogP contribution < -0.4 is 5.32 Å². The number of hydrogen-bond acceptors (Lipinski definition) is 3.